The van der Waals surface area contributed by atoms with Gasteiger partial charge in [-0.15, -0.1) is 0 Å². The number of methoxy groups -OCH3 is 1. The molecular formula is C84H101Cl7F3N29O10. The molecule has 49 heteroatoms. The van der Waals surface area contributed by atoms with E-state index in [1.54, 1.807) is 9.80 Å². The summed E-state index contributed by atoms with van der Waals surface area (Å²) in [6, 6.07) is 32.0. The number of hydrogen-bond donors (Lipinski definition) is 3. The molecule has 0 atom stereocenters. The maximum absolute atomic E-state index is 15.0. The highest BCUT2D eigenvalue weighted by Crippen LogP contribution is 2.39. The molecule has 0 aliphatic carbocycles. The first-order chi connectivity index (χ1) is 64.0. The van der Waals surface area contributed by atoms with Crippen molar-refractivity contribution in [2.24, 2.45) is 5.92 Å². The summed E-state index contributed by atoms with van der Waals surface area (Å²) in [5.74, 6) is 3.55. The number of aliphatic carboxylic acids is 1. The molecule has 0 radical (unpaired) electrons. The zero-order chi connectivity index (χ0) is 94.7. The predicted octanol–water partition coefficient (Wildman–Crippen LogP) is 9.38. The van der Waals surface area contributed by atoms with E-state index in [2.05, 4.69) is 123 Å². The summed E-state index contributed by atoms with van der Waals surface area (Å²) < 4.78 is 71.5. The number of nitrogens with zero attached hydrogens (tertiary/aromatic N) is 27. The summed E-state index contributed by atoms with van der Waals surface area (Å²) in [7, 11) is 4.25. The fourth-order valence-electron chi connectivity index (χ4n) is 15.8. The van der Waals surface area contributed by atoms with Crippen molar-refractivity contribution in [3.05, 3.63) is 134 Å². The number of amides is 2. The van der Waals surface area contributed by atoms with Crippen LogP contribution in [0.4, 0.5) is 83.5 Å². The van der Waals surface area contributed by atoms with E-state index < -0.39 is 34.8 Å². The van der Waals surface area contributed by atoms with Crippen molar-refractivity contribution in [1.82, 2.24) is 85.4 Å². The topological polar surface area (TPSA) is 391 Å². The minimum absolute atomic E-state index is 0.000000000000000444. The number of carboxylic acids is 1. The Morgan fingerprint density at radius 1 is 0.323 bits per heavy atom. The maximum atomic E-state index is 15.0. The summed E-state index contributed by atoms with van der Waals surface area (Å²) in [5.41, 5.74) is -1.91. The number of halogens is 10. The Morgan fingerprint density at radius 3 is 0.774 bits per heavy atom. The van der Waals surface area contributed by atoms with Gasteiger partial charge in [-0.3, -0.25) is 14.4 Å². The van der Waals surface area contributed by atoms with Gasteiger partial charge in [0, 0.05) is 132 Å². The molecule has 712 valence electrons. The molecule has 0 spiro atoms. The van der Waals surface area contributed by atoms with Gasteiger partial charge < -0.3 is 98.2 Å². The first-order valence-electron chi connectivity index (χ1n) is 43.1. The van der Waals surface area contributed by atoms with Crippen molar-refractivity contribution < 1.29 is 61.1 Å². The van der Waals surface area contributed by atoms with Crippen molar-refractivity contribution in [2.75, 3.05) is 264 Å². The summed E-state index contributed by atoms with van der Waals surface area (Å²) in [6.45, 7) is 22.2. The predicted molar refractivity (Wildman–Crippen MR) is 503 cm³/mol. The molecule has 0 saturated carbocycles. The van der Waals surface area contributed by atoms with Gasteiger partial charge in [0.2, 0.25) is 102 Å². The fourth-order valence-corrected chi connectivity index (χ4v) is 17.0. The summed E-state index contributed by atoms with van der Waals surface area (Å²) in [4.78, 5) is 133. The summed E-state index contributed by atoms with van der Waals surface area (Å²) >= 11 is 39.8. The molecule has 8 aliphatic rings. The van der Waals surface area contributed by atoms with Gasteiger partial charge in [0.25, 0.3) is 11.8 Å². The van der Waals surface area contributed by atoms with Crippen LogP contribution in [0.2, 0.25) is 37.0 Å². The molecule has 0 bridgehead atoms. The van der Waals surface area contributed by atoms with E-state index in [9.17, 15) is 32.3 Å². The molecule has 8 aliphatic heterocycles. The lowest BCUT2D eigenvalue weighted by molar-refractivity contribution is -0.152. The molecule has 3 N–H and O–H groups in total. The monoisotopic (exact) mass is 1980 g/mol. The lowest BCUT2D eigenvalue weighted by Gasteiger charge is -2.43. The van der Waals surface area contributed by atoms with Crippen LogP contribution >= 0.6 is 81.2 Å². The molecule has 4 aromatic carbocycles. The van der Waals surface area contributed by atoms with Crippen molar-refractivity contribution in [3.8, 4) is 23.0 Å². The first kappa shape index (κ1) is 98.9. The molecule has 2 amide bonds. The second-order valence-corrected chi connectivity index (χ2v) is 33.5. The Hall–Kier alpha value is -11.6. The highest BCUT2D eigenvalue weighted by atomic mass is 35.5. The van der Waals surface area contributed by atoms with Gasteiger partial charge in [0.15, 0.2) is 0 Å². The standard InChI is InChI=1S/C27H37FN8O4.C20H25ClFN7O2.C19H22ClFN6O3.C15H17Cl2N5O.C3Cl3N3/c1-4-40-21-8-6-5-7-20(21)33-13-15-35(16-14-33)25-30-24(34-11-9-19(10-12-34)22(37)39-3)31-26(32-25)36-17-27(28,18-36)23(38)29-2;1-3-31-15-7-5-4-6-14(15)27-8-10-28(11-9-27)18-24-17(21)25-19(26-18)29-12-20(22,13-29)16(30)23-2;1-2-30-14-6-4-3-5-13(14)25-7-9-26(10-8-25)17-22-16(20)23-18(24-17)27-11-19(21,12-27)15(28)29;1-2-23-12-6-4-3-5-11(12)21-7-9-22(10-8-21)15-19-13(16)18-14(17)20-15;4-1-7-2(5)9-3(6)8-1/h5-8,19H,4,9-18H2,1-3H3,(H,29,38);4-7H,3,8-13H2,1-2H3,(H,23,30);3-6H,2,7-12H2,1H3,(H,28,29);3-6H,2,7-10H2,1H3;. The van der Waals surface area contributed by atoms with E-state index in [-0.39, 0.29) is 100 Å². The third-order valence-corrected chi connectivity index (χ3v) is 23.8. The average Bonchev–Trinajstić information content (AvgIpc) is 0.764. The number of ether oxygens (including phenoxy) is 5. The van der Waals surface area contributed by atoms with Crippen LogP contribution in [-0.4, -0.2) is 325 Å². The number of hydrogen-bond acceptors (Lipinski definition) is 36. The van der Waals surface area contributed by atoms with Crippen molar-refractivity contribution >= 4 is 175 Å². The number of rotatable bonds is 24. The molecule has 17 rings (SSSR count). The SMILES string of the molecule is CCOc1ccccc1N1CCN(c2nc(Cl)nc(Cl)n2)CC1.CCOc1ccccc1N1CCN(c2nc(Cl)nc(N3CC(F)(C(=O)NC)C3)n2)CC1.CCOc1ccccc1N1CCN(c2nc(Cl)nc(N3CC(F)(C(=O)O)C3)n2)CC1.CCOc1ccccc1N1CCN(c2nc(N3CCC(C(=O)OC)CC3)nc(N3CC(F)(C(=O)NC)C3)n2)CC1.Clc1nc(Cl)nc(Cl)n1. The van der Waals surface area contributed by atoms with Gasteiger partial charge in [-0.2, -0.15) is 74.8 Å². The largest absolute Gasteiger partial charge is 0.492 e. The number of esters is 1. The fraction of sp³-hybridized carbons (Fsp3) is 0.488. The number of benzene rings is 4. The van der Waals surface area contributed by atoms with Crippen molar-refractivity contribution in [3.63, 3.8) is 0 Å². The Bertz CT molecular complexity index is 5400. The van der Waals surface area contributed by atoms with Crippen molar-refractivity contribution in [2.45, 2.75) is 57.5 Å². The third-order valence-electron chi connectivity index (χ3n) is 22.6. The number of para-hydroxylation sites is 8. The molecule has 5 aromatic heterocycles. The second-order valence-electron chi connectivity index (χ2n) is 31.2. The number of carbonyl (C=O) groups is 4. The number of alkyl halides is 3. The third kappa shape index (κ3) is 24.9. The van der Waals surface area contributed by atoms with Crippen LogP contribution in [0.3, 0.4) is 0 Å². The molecule has 13 heterocycles. The first-order valence-corrected chi connectivity index (χ1v) is 45.8. The van der Waals surface area contributed by atoms with Crippen LogP contribution in [-0.2, 0) is 23.9 Å². The molecule has 9 aromatic rings. The molecule has 133 heavy (non-hydrogen) atoms. The Morgan fingerprint density at radius 2 is 0.526 bits per heavy atom. The molecule has 0 unspecified atom stereocenters. The number of carbonyl (C=O) groups excluding carboxylic acids is 3. The summed E-state index contributed by atoms with van der Waals surface area (Å²) in [5, 5.41) is 13.9. The average molecular weight is 1980 g/mol. The Balaban J connectivity index is 0.000000148. The zero-order valence-electron chi connectivity index (χ0n) is 74.0. The lowest BCUT2D eigenvalue weighted by atomic mass is 9.96. The number of nitrogens with one attached hydrogen (secondary N) is 2. The molecule has 8 fully saturated rings. The highest BCUT2D eigenvalue weighted by molar-refractivity contribution is 6.33. The smallest absolute Gasteiger partial charge is 0.345 e. The molecule has 39 nitrogen and oxygen atoms in total. The van der Waals surface area contributed by atoms with Crippen LogP contribution in [0.5, 0.6) is 23.0 Å². The number of anilines is 12. The van der Waals surface area contributed by atoms with Gasteiger partial charge in [0.05, 0.1) is 101 Å². The van der Waals surface area contributed by atoms with Gasteiger partial charge in [-0.25, -0.2) is 18.0 Å². The van der Waals surface area contributed by atoms with Crippen LogP contribution in [0.25, 0.3) is 0 Å². The van der Waals surface area contributed by atoms with Crippen LogP contribution < -0.4 is 88.4 Å². The number of piperidine rings is 1. The van der Waals surface area contributed by atoms with E-state index in [0.717, 1.165) is 111 Å². The van der Waals surface area contributed by atoms with E-state index in [1.807, 2.05) is 121 Å². The van der Waals surface area contributed by atoms with Crippen LogP contribution in [0.15, 0.2) is 97.1 Å². The van der Waals surface area contributed by atoms with Crippen LogP contribution in [0, 0.1) is 5.92 Å². The minimum Gasteiger partial charge on any atom is -0.492 e. The van der Waals surface area contributed by atoms with Gasteiger partial charge in [-0.05, 0) is 170 Å². The van der Waals surface area contributed by atoms with E-state index in [4.69, 9.17) is 120 Å². The normalized spacial score (nSPS) is 17.3. The van der Waals surface area contributed by atoms with Gasteiger partial charge >= 0.3 is 11.9 Å². The Labute approximate surface area is 800 Å². The lowest BCUT2D eigenvalue weighted by Crippen LogP contribution is -2.66. The zero-order valence-corrected chi connectivity index (χ0v) is 79.3. The number of carboxylic acid groups (broad SMARTS) is 1. The van der Waals surface area contributed by atoms with Crippen molar-refractivity contribution in [1.29, 1.82) is 0 Å². The second kappa shape index (κ2) is 45.4. The van der Waals surface area contributed by atoms with E-state index in [0.29, 0.717) is 127 Å². The van der Waals surface area contributed by atoms with E-state index >= 15 is 0 Å². The number of piperazine rings is 4. The Kier molecular flexibility index (Phi) is 33.8. The summed E-state index contributed by atoms with van der Waals surface area (Å²) in [6.07, 6.45) is 1.27. The minimum atomic E-state index is -2.28. The number of aromatic nitrogens is 15. The van der Waals surface area contributed by atoms with Gasteiger partial charge in [0.1, 0.15) is 23.0 Å². The molecular weight excluding hydrogens is 1880 g/mol. The van der Waals surface area contributed by atoms with Crippen LogP contribution in [0.1, 0.15) is 40.5 Å². The van der Waals surface area contributed by atoms with Gasteiger partial charge in [-0.1, -0.05) is 48.5 Å². The quantitative estimate of drug-likeness (QED) is 0.0474. The van der Waals surface area contributed by atoms with E-state index in [1.165, 1.54) is 26.1 Å². The molecule has 8 saturated heterocycles. The maximum Gasteiger partial charge on any atom is 0.345 e. The highest BCUT2D eigenvalue weighted by Gasteiger charge is 2.54.